The highest BCUT2D eigenvalue weighted by molar-refractivity contribution is 6.30. The van der Waals surface area contributed by atoms with Crippen LogP contribution in [0.4, 0.5) is 10.1 Å². The van der Waals surface area contributed by atoms with E-state index in [4.69, 9.17) is 16.3 Å². The Hall–Kier alpha value is -1.63. The molecule has 0 saturated carbocycles. The van der Waals surface area contributed by atoms with Crippen molar-refractivity contribution in [3.63, 3.8) is 0 Å². The van der Waals surface area contributed by atoms with Crippen LogP contribution in [0.2, 0.25) is 5.15 Å². The molecule has 1 aliphatic rings. The van der Waals surface area contributed by atoms with Gasteiger partial charge in [0.15, 0.2) is 0 Å². The largest absolute Gasteiger partial charge is 0.378 e. The highest BCUT2D eigenvalue weighted by atomic mass is 35.5. The second-order valence-electron chi connectivity index (χ2n) is 6.92. The lowest BCUT2D eigenvalue weighted by Crippen LogP contribution is -2.36. The maximum Gasteiger partial charge on any atom is 0.146 e. The van der Waals surface area contributed by atoms with Gasteiger partial charge in [0.1, 0.15) is 11.0 Å². The normalized spacial score (nSPS) is 15.1. The summed E-state index contributed by atoms with van der Waals surface area (Å²) < 4.78 is 21.5. The molecule has 0 spiro atoms. The molecule has 26 heavy (non-hydrogen) atoms. The summed E-state index contributed by atoms with van der Waals surface area (Å²) >= 11 is 6.36. The summed E-state index contributed by atoms with van der Waals surface area (Å²) in [5.74, 6) is 0.115. The van der Waals surface area contributed by atoms with Crippen LogP contribution in [0.1, 0.15) is 36.6 Å². The van der Waals surface area contributed by atoms with Crippen LogP contribution < -0.4 is 10.2 Å². The maximum absolute atomic E-state index is 14.5. The SMILES string of the molecule is CC(C)c1nn(C)c(Cl)c1CNCc1ccc(N2CCOCC2)c(F)c1. The third-order valence-electron chi connectivity index (χ3n) is 4.64. The van der Waals surface area contributed by atoms with Crippen molar-refractivity contribution in [2.24, 2.45) is 7.05 Å². The lowest BCUT2D eigenvalue weighted by Gasteiger charge is -2.29. The molecule has 2 heterocycles. The minimum atomic E-state index is -0.187. The number of rotatable bonds is 6. The molecular formula is C19H26ClFN4O. The van der Waals surface area contributed by atoms with E-state index in [2.05, 4.69) is 24.3 Å². The van der Waals surface area contributed by atoms with Gasteiger partial charge in [-0.25, -0.2) is 4.39 Å². The summed E-state index contributed by atoms with van der Waals surface area (Å²) in [6.45, 7) is 8.12. The molecular weight excluding hydrogens is 355 g/mol. The average Bonchev–Trinajstić information content (AvgIpc) is 2.91. The van der Waals surface area contributed by atoms with E-state index in [0.29, 0.717) is 43.1 Å². The fourth-order valence-electron chi connectivity index (χ4n) is 3.25. The Balaban J connectivity index is 1.63. The maximum atomic E-state index is 14.5. The Bertz CT molecular complexity index is 756. The van der Waals surface area contributed by atoms with E-state index in [1.54, 1.807) is 10.7 Å². The van der Waals surface area contributed by atoms with Crippen molar-refractivity contribution in [1.82, 2.24) is 15.1 Å². The zero-order valence-corrected chi connectivity index (χ0v) is 16.3. The molecule has 7 heteroatoms. The first-order valence-corrected chi connectivity index (χ1v) is 9.38. The first-order valence-electron chi connectivity index (χ1n) is 9.00. The second kappa shape index (κ2) is 8.37. The fraction of sp³-hybridized carbons (Fsp3) is 0.526. The number of ether oxygens (including phenoxy) is 1. The Labute approximate surface area is 159 Å². The molecule has 0 bridgehead atoms. The van der Waals surface area contributed by atoms with Gasteiger partial charge in [0.25, 0.3) is 0 Å². The monoisotopic (exact) mass is 380 g/mol. The summed E-state index contributed by atoms with van der Waals surface area (Å²) in [6.07, 6.45) is 0. The highest BCUT2D eigenvalue weighted by Crippen LogP contribution is 2.25. The Morgan fingerprint density at radius 1 is 1.27 bits per heavy atom. The molecule has 1 N–H and O–H groups in total. The lowest BCUT2D eigenvalue weighted by molar-refractivity contribution is 0.122. The van der Waals surface area contributed by atoms with Gasteiger partial charge in [0.05, 0.1) is 24.6 Å². The molecule has 5 nitrogen and oxygen atoms in total. The zero-order chi connectivity index (χ0) is 18.7. The van der Waals surface area contributed by atoms with Crippen LogP contribution in [-0.4, -0.2) is 36.1 Å². The van der Waals surface area contributed by atoms with Crippen molar-refractivity contribution in [3.8, 4) is 0 Å². The molecule has 1 aromatic heterocycles. The number of aromatic nitrogens is 2. The van der Waals surface area contributed by atoms with E-state index < -0.39 is 0 Å². The van der Waals surface area contributed by atoms with Gasteiger partial charge in [-0.05, 0) is 23.6 Å². The topological polar surface area (TPSA) is 42.3 Å². The smallest absolute Gasteiger partial charge is 0.146 e. The molecule has 0 amide bonds. The number of hydrogen-bond acceptors (Lipinski definition) is 4. The van der Waals surface area contributed by atoms with E-state index in [-0.39, 0.29) is 5.82 Å². The number of morpholine rings is 1. The van der Waals surface area contributed by atoms with Gasteiger partial charge >= 0.3 is 0 Å². The van der Waals surface area contributed by atoms with Gasteiger partial charge in [-0.15, -0.1) is 0 Å². The van der Waals surface area contributed by atoms with E-state index in [1.807, 2.05) is 24.1 Å². The number of aryl methyl sites for hydroxylation is 1. The summed E-state index contributed by atoms with van der Waals surface area (Å²) in [4.78, 5) is 2.03. The van der Waals surface area contributed by atoms with Gasteiger partial charge in [-0.1, -0.05) is 31.5 Å². The molecule has 1 aromatic carbocycles. The number of anilines is 1. The van der Waals surface area contributed by atoms with Crippen LogP contribution in [0.15, 0.2) is 18.2 Å². The highest BCUT2D eigenvalue weighted by Gasteiger charge is 2.17. The number of nitrogens with one attached hydrogen (secondary N) is 1. The molecule has 0 aliphatic carbocycles. The van der Waals surface area contributed by atoms with Gasteiger partial charge in [0, 0.05) is 38.8 Å². The third kappa shape index (κ3) is 4.19. The molecule has 2 aromatic rings. The minimum Gasteiger partial charge on any atom is -0.378 e. The summed E-state index contributed by atoms with van der Waals surface area (Å²) in [5.41, 5.74) is 3.56. The van der Waals surface area contributed by atoms with Crippen molar-refractivity contribution in [1.29, 1.82) is 0 Å². The van der Waals surface area contributed by atoms with E-state index in [1.165, 1.54) is 0 Å². The van der Waals surface area contributed by atoms with Crippen LogP contribution in [0, 0.1) is 5.82 Å². The Morgan fingerprint density at radius 2 is 2.00 bits per heavy atom. The number of benzene rings is 1. The molecule has 0 radical (unpaired) electrons. The quantitative estimate of drug-likeness (QED) is 0.833. The number of hydrogen-bond donors (Lipinski definition) is 1. The molecule has 142 valence electrons. The Kier molecular flexibility index (Phi) is 6.16. The van der Waals surface area contributed by atoms with Crippen LogP contribution in [0.5, 0.6) is 0 Å². The second-order valence-corrected chi connectivity index (χ2v) is 7.28. The first-order chi connectivity index (χ1) is 12.5. The van der Waals surface area contributed by atoms with Crippen molar-refractivity contribution in [2.75, 3.05) is 31.2 Å². The summed E-state index contributed by atoms with van der Waals surface area (Å²) in [5, 5.41) is 8.49. The predicted molar refractivity (Wildman–Crippen MR) is 102 cm³/mol. The van der Waals surface area contributed by atoms with E-state index in [0.717, 1.165) is 29.9 Å². The average molecular weight is 381 g/mol. The number of nitrogens with zero attached hydrogens (tertiary/aromatic N) is 3. The van der Waals surface area contributed by atoms with E-state index in [9.17, 15) is 4.39 Å². The molecule has 0 atom stereocenters. The summed E-state index contributed by atoms with van der Waals surface area (Å²) in [6, 6.07) is 5.43. The van der Waals surface area contributed by atoms with Crippen molar-refractivity contribution >= 4 is 17.3 Å². The Morgan fingerprint density at radius 3 is 2.65 bits per heavy atom. The van der Waals surface area contributed by atoms with Crippen molar-refractivity contribution in [2.45, 2.75) is 32.9 Å². The summed E-state index contributed by atoms with van der Waals surface area (Å²) in [7, 11) is 1.84. The van der Waals surface area contributed by atoms with Crippen molar-refractivity contribution < 1.29 is 9.13 Å². The van der Waals surface area contributed by atoms with Gasteiger partial charge in [0.2, 0.25) is 0 Å². The zero-order valence-electron chi connectivity index (χ0n) is 15.6. The molecule has 0 unspecified atom stereocenters. The van der Waals surface area contributed by atoms with Crippen LogP contribution >= 0.6 is 11.6 Å². The molecule has 1 aliphatic heterocycles. The van der Waals surface area contributed by atoms with Crippen molar-refractivity contribution in [3.05, 3.63) is 46.0 Å². The van der Waals surface area contributed by atoms with Gasteiger partial charge in [-0.2, -0.15) is 5.10 Å². The van der Waals surface area contributed by atoms with Gasteiger partial charge in [-0.3, -0.25) is 4.68 Å². The fourth-order valence-corrected chi connectivity index (χ4v) is 3.45. The van der Waals surface area contributed by atoms with Gasteiger partial charge < -0.3 is 15.0 Å². The minimum absolute atomic E-state index is 0.187. The molecule has 1 saturated heterocycles. The third-order valence-corrected chi connectivity index (χ3v) is 5.11. The van der Waals surface area contributed by atoms with Crippen LogP contribution in [-0.2, 0) is 24.9 Å². The lowest BCUT2D eigenvalue weighted by atomic mass is 10.1. The van der Waals surface area contributed by atoms with Crippen LogP contribution in [0.25, 0.3) is 0 Å². The van der Waals surface area contributed by atoms with E-state index >= 15 is 0 Å². The predicted octanol–water partition coefficient (Wildman–Crippen LogP) is 3.46. The first kappa shape index (κ1) is 19.1. The van der Waals surface area contributed by atoms with Crippen LogP contribution in [0.3, 0.4) is 0 Å². The standard InChI is InChI=1S/C19H26ClFN4O/c1-13(2)18-15(19(20)24(3)23-18)12-22-11-14-4-5-17(16(21)10-14)25-6-8-26-9-7-25/h4-5,10,13,22H,6-9,11-12H2,1-3H3. The molecule has 3 rings (SSSR count). The number of halogens is 2. The molecule has 1 fully saturated rings.